The summed E-state index contributed by atoms with van der Waals surface area (Å²) in [4.78, 5) is 66.2. The summed E-state index contributed by atoms with van der Waals surface area (Å²) in [5, 5.41) is 36.5. The summed E-state index contributed by atoms with van der Waals surface area (Å²) in [7, 11) is 0. The van der Waals surface area contributed by atoms with Crippen LogP contribution in [0.15, 0.2) is 0 Å². The number of carbonyl (C=O) groups is 5. The minimum absolute atomic E-state index is 0.0531. The molecule has 0 aromatic rings. The van der Waals surface area contributed by atoms with Crippen molar-refractivity contribution in [3.8, 4) is 0 Å². The van der Waals surface area contributed by atoms with Gasteiger partial charge in [-0.15, -0.1) is 0 Å². The van der Waals surface area contributed by atoms with E-state index >= 15 is 0 Å². The van der Waals surface area contributed by atoms with E-state index in [0.717, 1.165) is 0 Å². The van der Waals surface area contributed by atoms with Gasteiger partial charge in [0.2, 0.25) is 5.79 Å². The van der Waals surface area contributed by atoms with Crippen LogP contribution in [0.4, 0.5) is 0 Å². The highest BCUT2D eigenvalue weighted by molar-refractivity contribution is 5.94. The molecule has 48 heavy (non-hydrogen) atoms. The Bertz CT molecular complexity index is 1560. The predicted octanol–water partition coefficient (Wildman–Crippen LogP) is 0.197. The van der Waals surface area contributed by atoms with Gasteiger partial charge in [-0.1, -0.05) is 20.8 Å². The normalized spacial score (nSPS) is 59.6. The van der Waals surface area contributed by atoms with E-state index in [4.69, 9.17) is 28.4 Å². The average molecular weight is 677 g/mol. The van der Waals surface area contributed by atoms with E-state index in [2.05, 4.69) is 0 Å². The molecule has 0 bridgehead atoms. The number of ketones is 1. The number of aliphatic hydroxyl groups is 3. The van der Waals surface area contributed by atoms with Crippen LogP contribution >= 0.6 is 0 Å². The molecule has 3 N–H and O–H groups in total. The Morgan fingerprint density at radius 1 is 0.896 bits per heavy atom. The zero-order valence-electron chi connectivity index (χ0n) is 28.3. The Balaban J connectivity index is 1.37. The Morgan fingerprint density at radius 3 is 2.12 bits per heavy atom. The SMILES string of the molecule is CC(=O)O[C@@H]1[C@H]2[C@@H]3[C@@H](O)C(=O)[C@@]4(O)C[C@@H]5O[C@@H]5[C@H](OC(C)=O)[C@]4(C)[C@H]3C[C@H](OC(C)=O)[C@]2(C)[C@H]2[C@H](C)[C@@H]3O[C@@]34OC(=O)[C@@](C)(O)[C@]4(C)[C@H]12. The van der Waals surface area contributed by atoms with Crippen LogP contribution in [-0.4, -0.2) is 105 Å². The summed E-state index contributed by atoms with van der Waals surface area (Å²) in [5.41, 5.74) is -8.40. The van der Waals surface area contributed by atoms with Crippen molar-refractivity contribution in [2.45, 2.75) is 128 Å². The van der Waals surface area contributed by atoms with E-state index < -0.39 is 135 Å². The quantitative estimate of drug-likeness (QED) is 0.207. The lowest BCUT2D eigenvalue weighted by molar-refractivity contribution is -0.267. The summed E-state index contributed by atoms with van der Waals surface area (Å²) < 4.78 is 36.1. The van der Waals surface area contributed by atoms with E-state index in [9.17, 15) is 39.3 Å². The van der Waals surface area contributed by atoms with Gasteiger partial charge in [-0.3, -0.25) is 19.2 Å². The maximum absolute atomic E-state index is 14.4. The molecular formula is C34H44O14. The number of aliphatic hydroxyl groups excluding tert-OH is 1. The summed E-state index contributed by atoms with van der Waals surface area (Å²) in [6, 6.07) is 0. The number of hydrogen-bond donors (Lipinski definition) is 3. The lowest BCUT2D eigenvalue weighted by atomic mass is 9.40. The molecule has 14 nitrogen and oxygen atoms in total. The summed E-state index contributed by atoms with van der Waals surface area (Å²) in [6.07, 6.45) is -6.77. The fourth-order valence-electron chi connectivity index (χ4n) is 12.8. The van der Waals surface area contributed by atoms with E-state index in [1.54, 1.807) is 13.8 Å². The van der Waals surface area contributed by atoms with Gasteiger partial charge in [-0.2, -0.15) is 0 Å². The standard InChI is InChI=1S/C34H44O14/c1-11-19-21(31(7)32(8,41)28(40)48-34(31)26(11)47-34)24(44-13(3)36)20-18-15(9-17(29(19,20)5)43-12(2)35)30(6)27(45-14(4)37)23-16(46-23)10-33(30,42)25(39)22(18)38/h11,15-24,26-27,38,41-42H,9-10H2,1-8H3/t11-,15-,16-,17-,18+,19-,20+,21-,22+,23-,24+,26-,27-,29+,30-,31-,32+,33-,34+/m0/s1. The van der Waals surface area contributed by atoms with Crippen molar-refractivity contribution in [3.05, 3.63) is 0 Å². The van der Waals surface area contributed by atoms with E-state index in [1.807, 2.05) is 13.8 Å². The Hall–Kier alpha value is -2.65. The Kier molecular flexibility index (Phi) is 6.22. The van der Waals surface area contributed by atoms with Crippen molar-refractivity contribution in [1.82, 2.24) is 0 Å². The van der Waals surface area contributed by atoms with Crippen LogP contribution in [0, 0.1) is 51.8 Å². The second kappa shape index (κ2) is 9.17. The largest absolute Gasteiger partial charge is 0.462 e. The molecule has 8 aliphatic rings. The van der Waals surface area contributed by atoms with Crippen molar-refractivity contribution >= 4 is 29.7 Å². The molecule has 5 saturated carbocycles. The molecule has 19 atom stereocenters. The number of ether oxygens (including phenoxy) is 6. The molecule has 264 valence electrons. The van der Waals surface area contributed by atoms with Crippen LogP contribution in [0.2, 0.25) is 0 Å². The van der Waals surface area contributed by atoms with Crippen molar-refractivity contribution < 1.29 is 67.7 Å². The third kappa shape index (κ3) is 3.31. The second-order valence-electron chi connectivity index (χ2n) is 16.6. The van der Waals surface area contributed by atoms with Gasteiger partial charge in [0.25, 0.3) is 0 Å². The number of Topliss-reactive ketones (excluding diaryl/α,β-unsaturated/α-hetero) is 1. The fourth-order valence-corrected chi connectivity index (χ4v) is 12.8. The van der Waals surface area contributed by atoms with Crippen LogP contribution in [0.5, 0.6) is 0 Å². The van der Waals surface area contributed by atoms with Crippen LogP contribution < -0.4 is 0 Å². The molecule has 0 radical (unpaired) electrons. The molecule has 1 spiro atoms. The monoisotopic (exact) mass is 676 g/mol. The van der Waals surface area contributed by atoms with Crippen molar-refractivity contribution in [1.29, 1.82) is 0 Å². The third-order valence-electron chi connectivity index (χ3n) is 14.9. The highest BCUT2D eigenvalue weighted by atomic mass is 16.8. The van der Waals surface area contributed by atoms with Crippen molar-refractivity contribution in [2.24, 2.45) is 51.8 Å². The topological polar surface area (TPSA) is 208 Å². The molecule has 0 amide bonds. The van der Waals surface area contributed by atoms with Gasteiger partial charge in [-0.05, 0) is 38.0 Å². The molecule has 0 unspecified atom stereocenters. The van der Waals surface area contributed by atoms with E-state index in [1.165, 1.54) is 27.7 Å². The minimum Gasteiger partial charge on any atom is -0.462 e. The van der Waals surface area contributed by atoms with Gasteiger partial charge in [-0.25, -0.2) is 4.79 Å². The van der Waals surface area contributed by atoms with Crippen LogP contribution in [-0.2, 0) is 52.4 Å². The van der Waals surface area contributed by atoms with Crippen molar-refractivity contribution in [3.63, 3.8) is 0 Å². The molecule has 14 heteroatoms. The van der Waals surface area contributed by atoms with E-state index in [-0.39, 0.29) is 18.8 Å². The maximum atomic E-state index is 14.4. The number of esters is 4. The highest BCUT2D eigenvalue weighted by Gasteiger charge is 2.93. The molecule has 8 rings (SSSR count). The second-order valence-corrected chi connectivity index (χ2v) is 16.6. The lowest BCUT2D eigenvalue weighted by Gasteiger charge is -2.65. The molecule has 5 aliphatic carbocycles. The zero-order valence-corrected chi connectivity index (χ0v) is 28.3. The number of hydrogen-bond acceptors (Lipinski definition) is 14. The highest BCUT2D eigenvalue weighted by Crippen LogP contribution is 2.81. The van der Waals surface area contributed by atoms with Gasteiger partial charge in [0.15, 0.2) is 11.4 Å². The molecule has 3 saturated heterocycles. The minimum atomic E-state index is -2.17. The Morgan fingerprint density at radius 2 is 1.52 bits per heavy atom. The number of epoxide rings is 2. The van der Waals surface area contributed by atoms with Crippen LogP contribution in [0.1, 0.15) is 68.2 Å². The molecule has 0 aromatic carbocycles. The first-order valence-electron chi connectivity index (χ1n) is 16.9. The molecular weight excluding hydrogens is 632 g/mol. The first-order valence-corrected chi connectivity index (χ1v) is 16.9. The first-order chi connectivity index (χ1) is 22.2. The Labute approximate surface area is 277 Å². The van der Waals surface area contributed by atoms with E-state index in [0.29, 0.717) is 0 Å². The summed E-state index contributed by atoms with van der Waals surface area (Å²) in [6.45, 7) is 12.2. The molecule has 3 aliphatic heterocycles. The molecule has 8 fully saturated rings. The molecule has 0 aromatic heterocycles. The van der Waals surface area contributed by atoms with Gasteiger partial charge in [0.1, 0.15) is 42.2 Å². The number of rotatable bonds is 3. The predicted molar refractivity (Wildman–Crippen MR) is 156 cm³/mol. The van der Waals surface area contributed by atoms with Gasteiger partial charge in [0.05, 0.1) is 11.5 Å². The molecule has 3 heterocycles. The van der Waals surface area contributed by atoms with Crippen LogP contribution in [0.25, 0.3) is 0 Å². The first kappa shape index (κ1) is 32.5. The summed E-state index contributed by atoms with van der Waals surface area (Å²) in [5.74, 6) is -9.67. The van der Waals surface area contributed by atoms with Gasteiger partial charge < -0.3 is 43.7 Å². The number of fused-ring (bicyclic) bond motifs is 9. The maximum Gasteiger partial charge on any atom is 0.341 e. The average Bonchev–Trinajstić information content (AvgIpc) is 3.88. The summed E-state index contributed by atoms with van der Waals surface area (Å²) >= 11 is 0. The smallest absolute Gasteiger partial charge is 0.341 e. The number of carbonyl (C=O) groups excluding carboxylic acids is 5. The van der Waals surface area contributed by atoms with Crippen molar-refractivity contribution in [2.75, 3.05) is 0 Å². The van der Waals surface area contributed by atoms with Gasteiger partial charge >= 0.3 is 23.9 Å². The fraction of sp³-hybridized carbons (Fsp3) is 0.853. The third-order valence-corrected chi connectivity index (χ3v) is 14.9. The van der Waals surface area contributed by atoms with Crippen LogP contribution in [0.3, 0.4) is 0 Å². The van der Waals surface area contributed by atoms with Gasteiger partial charge in [0, 0.05) is 55.8 Å². The zero-order chi connectivity index (χ0) is 35.0. The lowest BCUT2D eigenvalue weighted by Crippen LogP contribution is -2.77.